The number of esters is 1. The predicted molar refractivity (Wildman–Crippen MR) is 106 cm³/mol. The third kappa shape index (κ3) is 10.9. The van der Waals surface area contributed by atoms with Gasteiger partial charge in [0, 0.05) is 6.08 Å². The van der Waals surface area contributed by atoms with Crippen LogP contribution in [0.1, 0.15) is 38.7 Å². The molecule has 0 heterocycles. The third-order valence-corrected chi connectivity index (χ3v) is 3.74. The Balaban J connectivity index is 2.56. The van der Waals surface area contributed by atoms with Crippen LogP contribution in [0, 0.1) is 5.92 Å². The Morgan fingerprint density at radius 1 is 1.12 bits per heavy atom. The zero-order chi connectivity index (χ0) is 18.2. The van der Waals surface area contributed by atoms with Crippen LogP contribution in [0.5, 0.6) is 0 Å². The van der Waals surface area contributed by atoms with Crippen molar-refractivity contribution >= 4 is 5.97 Å². The minimum absolute atomic E-state index is 0.291. The molecule has 0 bridgehead atoms. The minimum atomic E-state index is -0.291. The number of unbranched alkanes of at least 4 members (excludes halogenated alkanes) is 1. The first-order valence-corrected chi connectivity index (χ1v) is 9.09. The van der Waals surface area contributed by atoms with Crippen LogP contribution in [0.4, 0.5) is 0 Å². The lowest BCUT2D eigenvalue weighted by Crippen LogP contribution is -2.01. The van der Waals surface area contributed by atoms with E-state index in [1.807, 2.05) is 32.1 Å². The van der Waals surface area contributed by atoms with E-state index < -0.39 is 0 Å². The molecule has 0 aliphatic carbocycles. The Morgan fingerprint density at radius 3 is 2.64 bits per heavy atom. The topological polar surface area (TPSA) is 26.3 Å². The molecule has 1 atom stereocenters. The third-order valence-electron chi connectivity index (χ3n) is 3.74. The number of ether oxygens (including phenoxy) is 1. The van der Waals surface area contributed by atoms with Crippen molar-refractivity contribution in [3.63, 3.8) is 0 Å². The quantitative estimate of drug-likeness (QED) is 0.220. The SMILES string of the molecule is C/C=C/C=C/CCCC(/C=C/C=C/C(=O)OCC)Cc1ccccc1. The molecule has 134 valence electrons. The molecule has 0 N–H and O–H groups in total. The van der Waals surface area contributed by atoms with Crippen molar-refractivity contribution in [2.75, 3.05) is 6.61 Å². The molecule has 0 fully saturated rings. The zero-order valence-electron chi connectivity index (χ0n) is 15.4. The molecule has 0 saturated carbocycles. The van der Waals surface area contributed by atoms with Gasteiger partial charge in [-0.2, -0.15) is 0 Å². The van der Waals surface area contributed by atoms with Crippen LogP contribution in [-0.4, -0.2) is 12.6 Å². The molecule has 0 radical (unpaired) electrons. The first-order chi connectivity index (χ1) is 12.3. The molecule has 0 aliphatic rings. The van der Waals surface area contributed by atoms with E-state index in [0.717, 1.165) is 25.7 Å². The van der Waals surface area contributed by atoms with Gasteiger partial charge in [0.25, 0.3) is 0 Å². The van der Waals surface area contributed by atoms with Crippen LogP contribution in [0.3, 0.4) is 0 Å². The number of hydrogen-bond donors (Lipinski definition) is 0. The average Bonchev–Trinajstić information content (AvgIpc) is 2.62. The van der Waals surface area contributed by atoms with Gasteiger partial charge in [0.1, 0.15) is 0 Å². The monoisotopic (exact) mass is 338 g/mol. The van der Waals surface area contributed by atoms with Gasteiger partial charge in [0.05, 0.1) is 6.61 Å². The van der Waals surface area contributed by atoms with E-state index in [9.17, 15) is 4.79 Å². The smallest absolute Gasteiger partial charge is 0.330 e. The van der Waals surface area contributed by atoms with Gasteiger partial charge >= 0.3 is 5.97 Å². The molecule has 1 unspecified atom stereocenters. The van der Waals surface area contributed by atoms with Crippen molar-refractivity contribution in [1.82, 2.24) is 0 Å². The van der Waals surface area contributed by atoms with Crippen LogP contribution in [0.15, 0.2) is 78.9 Å². The van der Waals surface area contributed by atoms with Crippen LogP contribution in [0.25, 0.3) is 0 Å². The highest BCUT2D eigenvalue weighted by molar-refractivity contribution is 5.82. The van der Waals surface area contributed by atoms with Crippen LogP contribution >= 0.6 is 0 Å². The molecule has 25 heavy (non-hydrogen) atoms. The summed E-state index contributed by atoms with van der Waals surface area (Å²) < 4.78 is 4.88. The first-order valence-electron chi connectivity index (χ1n) is 9.09. The minimum Gasteiger partial charge on any atom is -0.463 e. The Morgan fingerprint density at radius 2 is 1.92 bits per heavy atom. The van der Waals surface area contributed by atoms with Gasteiger partial charge in [-0.25, -0.2) is 4.79 Å². The lowest BCUT2D eigenvalue weighted by Gasteiger charge is -2.12. The van der Waals surface area contributed by atoms with Gasteiger partial charge in [0.2, 0.25) is 0 Å². The fourth-order valence-electron chi connectivity index (χ4n) is 2.51. The normalized spacial score (nSPS) is 13.4. The Kier molecular flexibility index (Phi) is 11.6. The van der Waals surface area contributed by atoms with Crippen LogP contribution in [0.2, 0.25) is 0 Å². The van der Waals surface area contributed by atoms with E-state index in [-0.39, 0.29) is 5.97 Å². The van der Waals surface area contributed by atoms with E-state index in [2.05, 4.69) is 48.6 Å². The lowest BCUT2D eigenvalue weighted by atomic mass is 9.93. The van der Waals surface area contributed by atoms with Crippen molar-refractivity contribution < 1.29 is 9.53 Å². The molecule has 2 nitrogen and oxygen atoms in total. The molecule has 0 aliphatic heterocycles. The van der Waals surface area contributed by atoms with Crippen molar-refractivity contribution in [3.8, 4) is 0 Å². The van der Waals surface area contributed by atoms with Gasteiger partial charge < -0.3 is 4.74 Å². The summed E-state index contributed by atoms with van der Waals surface area (Å²) in [6.07, 6.45) is 20.2. The van der Waals surface area contributed by atoms with Crippen molar-refractivity contribution in [2.24, 2.45) is 5.92 Å². The van der Waals surface area contributed by atoms with Crippen molar-refractivity contribution in [1.29, 1.82) is 0 Å². The van der Waals surface area contributed by atoms with Gasteiger partial charge in [-0.15, -0.1) is 0 Å². The van der Waals surface area contributed by atoms with Gasteiger partial charge in [-0.3, -0.25) is 0 Å². The van der Waals surface area contributed by atoms with E-state index in [1.54, 1.807) is 6.08 Å². The highest BCUT2D eigenvalue weighted by Gasteiger charge is 2.05. The number of rotatable bonds is 11. The molecule has 0 spiro atoms. The lowest BCUT2D eigenvalue weighted by molar-refractivity contribution is -0.137. The number of hydrogen-bond acceptors (Lipinski definition) is 2. The van der Waals surface area contributed by atoms with Crippen molar-refractivity contribution in [2.45, 2.75) is 39.5 Å². The fraction of sp³-hybridized carbons (Fsp3) is 0.348. The van der Waals surface area contributed by atoms with Crippen LogP contribution in [-0.2, 0) is 16.0 Å². The maximum Gasteiger partial charge on any atom is 0.330 e. The summed E-state index contributed by atoms with van der Waals surface area (Å²) in [4.78, 5) is 11.3. The first kappa shape index (κ1) is 20.7. The number of carbonyl (C=O) groups excluding carboxylic acids is 1. The molecule has 1 rings (SSSR count). The van der Waals surface area contributed by atoms with E-state index in [1.165, 1.54) is 11.6 Å². The molecule has 2 heteroatoms. The maximum absolute atomic E-state index is 11.3. The molecule has 0 amide bonds. The molecule has 0 aromatic heterocycles. The standard InChI is InChI=1S/C23H30O2/c1-3-5-6-7-8-10-15-22(20-21-16-11-9-12-17-21)18-13-14-19-23(24)25-4-2/h3,5-7,9,11-14,16-19,22H,4,8,10,15,20H2,1-2H3/b5-3+,7-6+,18-13+,19-14+. The summed E-state index contributed by atoms with van der Waals surface area (Å²) in [6, 6.07) is 10.5. The number of carbonyl (C=O) groups is 1. The largest absolute Gasteiger partial charge is 0.463 e. The summed E-state index contributed by atoms with van der Waals surface area (Å²) >= 11 is 0. The predicted octanol–water partition coefficient (Wildman–Crippen LogP) is 5.82. The second-order valence-corrected chi connectivity index (χ2v) is 5.83. The highest BCUT2D eigenvalue weighted by Crippen LogP contribution is 2.17. The molecular weight excluding hydrogens is 308 g/mol. The van der Waals surface area contributed by atoms with E-state index in [0.29, 0.717) is 12.5 Å². The highest BCUT2D eigenvalue weighted by atomic mass is 16.5. The van der Waals surface area contributed by atoms with Gasteiger partial charge in [-0.1, -0.05) is 72.9 Å². The average molecular weight is 338 g/mol. The molecular formula is C23H30O2. The summed E-state index contributed by atoms with van der Waals surface area (Å²) in [7, 11) is 0. The van der Waals surface area contributed by atoms with Crippen LogP contribution < -0.4 is 0 Å². The Labute approximate surface area is 152 Å². The summed E-state index contributed by atoms with van der Waals surface area (Å²) in [5.41, 5.74) is 1.34. The Bertz CT molecular complexity index is 579. The summed E-state index contributed by atoms with van der Waals surface area (Å²) in [5.74, 6) is 0.172. The Hall–Kier alpha value is -2.35. The maximum atomic E-state index is 11.3. The molecule has 1 aromatic rings. The fourth-order valence-corrected chi connectivity index (χ4v) is 2.51. The van der Waals surface area contributed by atoms with Crippen molar-refractivity contribution in [3.05, 3.63) is 84.5 Å². The van der Waals surface area contributed by atoms with E-state index in [4.69, 9.17) is 4.74 Å². The summed E-state index contributed by atoms with van der Waals surface area (Å²) in [5, 5.41) is 0. The second-order valence-electron chi connectivity index (χ2n) is 5.83. The second kappa shape index (κ2) is 14.0. The molecule has 0 saturated heterocycles. The number of benzene rings is 1. The summed E-state index contributed by atoms with van der Waals surface area (Å²) in [6.45, 7) is 4.24. The van der Waals surface area contributed by atoms with Gasteiger partial charge in [0.15, 0.2) is 0 Å². The molecule has 1 aromatic carbocycles. The zero-order valence-corrected chi connectivity index (χ0v) is 15.4. The van der Waals surface area contributed by atoms with E-state index >= 15 is 0 Å². The number of allylic oxidation sites excluding steroid dienone is 7. The van der Waals surface area contributed by atoms with Gasteiger partial charge in [-0.05, 0) is 51.0 Å².